The van der Waals surface area contributed by atoms with Gasteiger partial charge in [0, 0.05) is 10.6 Å². The maximum absolute atomic E-state index is 6.32. The van der Waals surface area contributed by atoms with Crippen LogP contribution in [-0.2, 0) is 16.3 Å². The molecule has 0 aromatic heterocycles. The molecule has 1 fully saturated rings. The summed E-state index contributed by atoms with van der Waals surface area (Å²) < 4.78 is 6.32. The Kier molecular flexibility index (Phi) is 5.53. The predicted octanol–water partition coefficient (Wildman–Crippen LogP) is 4.35. The van der Waals surface area contributed by atoms with Gasteiger partial charge in [0.15, 0.2) is 0 Å². The highest BCUT2D eigenvalue weighted by atomic mass is 32.4. The lowest BCUT2D eigenvalue weighted by molar-refractivity contribution is 0.0627. The molecule has 4 atom stereocenters. The summed E-state index contributed by atoms with van der Waals surface area (Å²) in [6.07, 6.45) is 3.17. The van der Waals surface area contributed by atoms with Gasteiger partial charge in [-0.3, -0.25) is 0 Å². The second-order valence-corrected chi connectivity index (χ2v) is 8.99. The molecule has 1 nitrogen and oxygen atoms in total. The Labute approximate surface area is 133 Å². The van der Waals surface area contributed by atoms with Crippen LogP contribution in [0.5, 0.6) is 0 Å². The molecule has 0 saturated heterocycles. The van der Waals surface area contributed by atoms with Crippen LogP contribution < -0.4 is 5.30 Å². The first-order chi connectivity index (χ1) is 9.42. The lowest BCUT2D eigenvalue weighted by Gasteiger charge is -2.42. The Morgan fingerprint density at radius 1 is 1.45 bits per heavy atom. The number of allylic oxidation sites excluding steroid dienone is 1. The van der Waals surface area contributed by atoms with Crippen molar-refractivity contribution in [3.63, 3.8) is 0 Å². The van der Waals surface area contributed by atoms with E-state index in [1.54, 1.807) is 0 Å². The fourth-order valence-corrected chi connectivity index (χ4v) is 5.44. The van der Waals surface area contributed by atoms with E-state index in [2.05, 4.69) is 32.6 Å². The van der Waals surface area contributed by atoms with Crippen LogP contribution in [0.4, 0.5) is 0 Å². The van der Waals surface area contributed by atoms with Gasteiger partial charge in [-0.2, -0.15) is 12.6 Å². The molecule has 1 aromatic carbocycles. The molecule has 2 rings (SSSR count). The fraction of sp³-hybridized carbons (Fsp3) is 0.500. The summed E-state index contributed by atoms with van der Waals surface area (Å²) in [5.74, 6) is 0.576. The Hall–Kier alpha value is -0.0800. The van der Waals surface area contributed by atoms with Gasteiger partial charge in [-0.25, -0.2) is 0 Å². The summed E-state index contributed by atoms with van der Waals surface area (Å²) in [5.41, 5.74) is 1.05. The molecular formula is C16H23OPS2. The number of hydrogen-bond donors (Lipinski definition) is 1. The topological polar surface area (TPSA) is 9.23 Å². The smallest absolute Gasteiger partial charge is 0.0840 e. The molecule has 0 bridgehead atoms. The van der Waals surface area contributed by atoms with Crippen LogP contribution in [0, 0.1) is 5.92 Å². The molecule has 20 heavy (non-hydrogen) atoms. The Balaban J connectivity index is 2.05. The van der Waals surface area contributed by atoms with Crippen molar-refractivity contribution in [2.75, 3.05) is 0 Å². The van der Waals surface area contributed by atoms with Crippen LogP contribution in [0.1, 0.15) is 33.1 Å². The zero-order valence-electron chi connectivity index (χ0n) is 12.1. The molecule has 0 heterocycles. The van der Waals surface area contributed by atoms with Crippen LogP contribution in [0.25, 0.3) is 0 Å². The van der Waals surface area contributed by atoms with E-state index in [1.807, 2.05) is 18.2 Å². The largest absolute Gasteiger partial charge is 0.342 e. The molecule has 4 heteroatoms. The second-order valence-electron chi connectivity index (χ2n) is 5.90. The standard InChI is InChI=1S/C16H23OPS2/c1-12(2)13-9-10-16(3,15(19)11-13)17-18(20)14-7-5-4-6-8-14/h4-8,13,15,18-19H,1,9-11H2,2-3H3/t13-,15+,16+/m1/s1. The Morgan fingerprint density at radius 3 is 2.65 bits per heavy atom. The molecule has 0 spiro atoms. The van der Waals surface area contributed by atoms with Gasteiger partial charge < -0.3 is 4.52 Å². The van der Waals surface area contributed by atoms with Gasteiger partial charge in [0.05, 0.1) is 12.5 Å². The maximum atomic E-state index is 6.32. The third kappa shape index (κ3) is 3.76. The summed E-state index contributed by atoms with van der Waals surface area (Å²) in [4.78, 5) is 0. The fourth-order valence-electron chi connectivity index (χ4n) is 2.68. The maximum Gasteiger partial charge on any atom is 0.0840 e. The minimum absolute atomic E-state index is 0.207. The third-order valence-corrected chi connectivity index (χ3v) is 7.40. The SMILES string of the molecule is C=C(C)[C@@H]1CC[C@](C)(O[PH](=S)c2ccccc2)[C@@H](S)C1. The van der Waals surface area contributed by atoms with E-state index in [4.69, 9.17) is 29.0 Å². The highest BCUT2D eigenvalue weighted by molar-refractivity contribution is 8.06. The quantitative estimate of drug-likeness (QED) is 0.500. The van der Waals surface area contributed by atoms with E-state index >= 15 is 0 Å². The molecule has 1 unspecified atom stereocenters. The van der Waals surface area contributed by atoms with Crippen molar-refractivity contribution in [3.05, 3.63) is 42.5 Å². The predicted molar refractivity (Wildman–Crippen MR) is 96.2 cm³/mol. The molecule has 1 aliphatic carbocycles. The number of benzene rings is 1. The molecular weight excluding hydrogens is 303 g/mol. The van der Waals surface area contributed by atoms with Crippen LogP contribution in [0.15, 0.2) is 42.5 Å². The van der Waals surface area contributed by atoms with Gasteiger partial charge in [0.25, 0.3) is 0 Å². The first kappa shape index (κ1) is 16.3. The summed E-state index contributed by atoms with van der Waals surface area (Å²) in [6, 6.07) is 10.2. The number of thiol groups is 1. The van der Waals surface area contributed by atoms with E-state index in [0.717, 1.165) is 24.6 Å². The molecule has 110 valence electrons. The van der Waals surface area contributed by atoms with Crippen molar-refractivity contribution in [2.24, 2.45) is 5.92 Å². The van der Waals surface area contributed by atoms with E-state index in [0.29, 0.717) is 5.92 Å². The van der Waals surface area contributed by atoms with Gasteiger partial charge in [0.2, 0.25) is 0 Å². The molecule has 0 N–H and O–H groups in total. The van der Waals surface area contributed by atoms with Crippen molar-refractivity contribution in [3.8, 4) is 0 Å². The van der Waals surface area contributed by atoms with Gasteiger partial charge in [0.1, 0.15) is 0 Å². The summed E-state index contributed by atoms with van der Waals surface area (Å²) >= 11 is 10.4. The zero-order chi connectivity index (χ0) is 14.8. The summed E-state index contributed by atoms with van der Waals surface area (Å²) in [6.45, 7) is 6.98. The van der Waals surface area contributed by atoms with Crippen molar-refractivity contribution in [2.45, 2.75) is 44.0 Å². The third-order valence-electron chi connectivity index (χ3n) is 4.23. The Bertz CT molecular complexity index is 502. The van der Waals surface area contributed by atoms with E-state index in [9.17, 15) is 0 Å². The summed E-state index contributed by atoms with van der Waals surface area (Å²) in [5, 5.41) is 1.38. The minimum Gasteiger partial charge on any atom is -0.342 e. The number of rotatable bonds is 4. The average Bonchev–Trinajstić information content (AvgIpc) is 2.42. The van der Waals surface area contributed by atoms with Crippen LogP contribution in [0.3, 0.4) is 0 Å². The van der Waals surface area contributed by atoms with Crippen molar-refractivity contribution in [1.29, 1.82) is 0 Å². The first-order valence-electron chi connectivity index (χ1n) is 7.04. The van der Waals surface area contributed by atoms with E-state index in [1.165, 1.54) is 5.57 Å². The van der Waals surface area contributed by atoms with Gasteiger partial charge in [-0.1, -0.05) is 54.3 Å². The molecule has 0 radical (unpaired) electrons. The van der Waals surface area contributed by atoms with Crippen molar-refractivity contribution >= 4 is 36.7 Å². The summed E-state index contributed by atoms with van der Waals surface area (Å²) in [7, 11) is 0. The molecule has 1 aromatic rings. The van der Waals surface area contributed by atoms with Crippen molar-refractivity contribution < 1.29 is 4.52 Å². The van der Waals surface area contributed by atoms with Gasteiger partial charge in [-0.05, 0) is 39.0 Å². The highest BCUT2D eigenvalue weighted by Crippen LogP contribution is 2.44. The molecule has 1 saturated carbocycles. The lowest BCUT2D eigenvalue weighted by atomic mass is 9.77. The average molecular weight is 326 g/mol. The monoisotopic (exact) mass is 326 g/mol. The van der Waals surface area contributed by atoms with Crippen LogP contribution >= 0.6 is 19.6 Å². The van der Waals surface area contributed by atoms with Gasteiger partial charge in [-0.15, -0.1) is 0 Å². The number of hydrogen-bond acceptors (Lipinski definition) is 3. The van der Waals surface area contributed by atoms with Gasteiger partial charge >= 0.3 is 0 Å². The molecule has 0 aliphatic heterocycles. The Morgan fingerprint density at radius 2 is 2.10 bits per heavy atom. The van der Waals surface area contributed by atoms with E-state index < -0.39 is 6.92 Å². The molecule has 1 aliphatic rings. The van der Waals surface area contributed by atoms with Crippen LogP contribution in [-0.4, -0.2) is 10.9 Å². The van der Waals surface area contributed by atoms with Crippen LogP contribution in [0.2, 0.25) is 0 Å². The lowest BCUT2D eigenvalue weighted by Crippen LogP contribution is -2.43. The molecule has 0 amide bonds. The second kappa shape index (κ2) is 6.79. The first-order valence-corrected chi connectivity index (χ1v) is 10.1. The zero-order valence-corrected chi connectivity index (χ0v) is 14.8. The van der Waals surface area contributed by atoms with Crippen molar-refractivity contribution in [1.82, 2.24) is 0 Å². The highest BCUT2D eigenvalue weighted by Gasteiger charge is 2.40. The normalized spacial score (nSPS) is 31.8. The van der Waals surface area contributed by atoms with E-state index in [-0.39, 0.29) is 10.9 Å². The minimum atomic E-state index is -1.38.